The van der Waals surface area contributed by atoms with Crippen LogP contribution >= 0.6 is 11.3 Å². The van der Waals surface area contributed by atoms with Gasteiger partial charge in [0.05, 0.1) is 12.2 Å². The van der Waals surface area contributed by atoms with Crippen LogP contribution in [0.25, 0.3) is 0 Å². The Bertz CT molecular complexity index is 679. The van der Waals surface area contributed by atoms with Crippen LogP contribution in [0.4, 0.5) is 10.1 Å². The maximum Gasteiger partial charge on any atom is 0.191 e. The van der Waals surface area contributed by atoms with Gasteiger partial charge in [0.1, 0.15) is 5.82 Å². The first-order valence-electron chi connectivity index (χ1n) is 7.44. The van der Waals surface area contributed by atoms with Gasteiger partial charge in [0.15, 0.2) is 5.96 Å². The molecule has 0 bridgehead atoms. The number of aliphatic imine (C=N–C) groups is 1. The van der Waals surface area contributed by atoms with E-state index < -0.39 is 0 Å². The third-order valence-electron chi connectivity index (χ3n) is 3.56. The highest BCUT2D eigenvalue weighted by atomic mass is 32.1. The van der Waals surface area contributed by atoms with E-state index in [-0.39, 0.29) is 5.82 Å². The fourth-order valence-corrected chi connectivity index (χ4v) is 3.02. The number of hydrogen-bond acceptors (Lipinski definition) is 3. The van der Waals surface area contributed by atoms with Crippen molar-refractivity contribution in [3.05, 3.63) is 51.5 Å². The third kappa shape index (κ3) is 4.69. The van der Waals surface area contributed by atoms with Crippen LogP contribution in [0.1, 0.15) is 16.0 Å². The van der Waals surface area contributed by atoms with Crippen molar-refractivity contribution in [2.75, 3.05) is 26.0 Å². The van der Waals surface area contributed by atoms with Crippen LogP contribution < -0.4 is 15.5 Å². The molecule has 6 heteroatoms. The van der Waals surface area contributed by atoms with Gasteiger partial charge in [-0.3, -0.25) is 4.99 Å². The van der Waals surface area contributed by atoms with E-state index >= 15 is 0 Å². The van der Waals surface area contributed by atoms with Crippen molar-refractivity contribution in [3.8, 4) is 0 Å². The lowest BCUT2D eigenvalue weighted by Gasteiger charge is -2.15. The van der Waals surface area contributed by atoms with Crippen LogP contribution in [-0.2, 0) is 13.1 Å². The molecule has 1 heterocycles. The van der Waals surface area contributed by atoms with Gasteiger partial charge in [-0.1, -0.05) is 6.07 Å². The molecule has 124 valence electrons. The molecular weight excluding hydrogens is 311 g/mol. The highest BCUT2D eigenvalue weighted by molar-refractivity contribution is 7.10. The molecule has 0 aliphatic rings. The summed E-state index contributed by atoms with van der Waals surface area (Å²) in [5.74, 6) is 0.487. The normalized spacial score (nSPS) is 11.4. The molecule has 2 rings (SSSR count). The number of benzene rings is 1. The Morgan fingerprint density at radius 2 is 1.96 bits per heavy atom. The molecule has 0 unspecified atom stereocenters. The van der Waals surface area contributed by atoms with Gasteiger partial charge in [0.25, 0.3) is 0 Å². The standard InChI is InChI=1S/C17H23FN4S/c1-12-7-8-23-16(12)11-21-17(19-2)20-10-13-5-6-15(22(3)4)14(18)9-13/h5-9H,10-11H2,1-4H3,(H2,19,20,21). The topological polar surface area (TPSA) is 39.7 Å². The minimum Gasteiger partial charge on any atom is -0.375 e. The molecule has 0 atom stereocenters. The SMILES string of the molecule is CN=C(NCc1ccc(N(C)C)c(F)c1)NCc1sccc1C. The van der Waals surface area contributed by atoms with Crippen LogP contribution in [-0.4, -0.2) is 27.1 Å². The van der Waals surface area contributed by atoms with Crippen LogP contribution in [0.3, 0.4) is 0 Å². The van der Waals surface area contributed by atoms with Gasteiger partial charge in [0.2, 0.25) is 0 Å². The summed E-state index contributed by atoms with van der Waals surface area (Å²) in [5, 5.41) is 8.56. The molecule has 0 saturated heterocycles. The highest BCUT2D eigenvalue weighted by Gasteiger charge is 2.06. The molecule has 0 aliphatic heterocycles. The van der Waals surface area contributed by atoms with Gasteiger partial charge < -0.3 is 15.5 Å². The van der Waals surface area contributed by atoms with Crippen molar-refractivity contribution in [1.29, 1.82) is 0 Å². The van der Waals surface area contributed by atoms with Crippen LogP contribution in [0.15, 0.2) is 34.6 Å². The molecule has 4 nitrogen and oxygen atoms in total. The smallest absolute Gasteiger partial charge is 0.191 e. The maximum atomic E-state index is 14.0. The van der Waals surface area contributed by atoms with Crippen molar-refractivity contribution in [2.24, 2.45) is 4.99 Å². The van der Waals surface area contributed by atoms with Crippen LogP contribution in [0.2, 0.25) is 0 Å². The largest absolute Gasteiger partial charge is 0.375 e. The number of thiophene rings is 1. The minimum absolute atomic E-state index is 0.216. The molecular formula is C17H23FN4S. The van der Waals surface area contributed by atoms with Gasteiger partial charge in [-0.2, -0.15) is 0 Å². The number of anilines is 1. The third-order valence-corrected chi connectivity index (χ3v) is 4.59. The average molecular weight is 334 g/mol. The zero-order chi connectivity index (χ0) is 16.8. The molecule has 1 aromatic carbocycles. The number of aryl methyl sites for hydroxylation is 1. The Morgan fingerprint density at radius 3 is 2.52 bits per heavy atom. The first-order valence-corrected chi connectivity index (χ1v) is 8.32. The fourth-order valence-electron chi connectivity index (χ4n) is 2.18. The Hall–Kier alpha value is -2.08. The molecule has 0 spiro atoms. The van der Waals surface area contributed by atoms with Crippen molar-refractivity contribution >= 4 is 23.0 Å². The van der Waals surface area contributed by atoms with E-state index in [0.717, 1.165) is 12.1 Å². The van der Waals surface area contributed by atoms with Gasteiger partial charge in [-0.15, -0.1) is 11.3 Å². The summed E-state index contributed by atoms with van der Waals surface area (Å²) in [7, 11) is 5.38. The lowest BCUT2D eigenvalue weighted by molar-refractivity contribution is 0.623. The summed E-state index contributed by atoms with van der Waals surface area (Å²) >= 11 is 1.72. The van der Waals surface area contributed by atoms with E-state index in [9.17, 15) is 4.39 Å². The molecule has 23 heavy (non-hydrogen) atoms. The lowest BCUT2D eigenvalue weighted by Crippen LogP contribution is -2.36. The zero-order valence-corrected chi connectivity index (χ0v) is 14.8. The Labute approximate surface area is 141 Å². The molecule has 1 aromatic heterocycles. The Kier molecular flexibility index (Phi) is 5.98. The zero-order valence-electron chi connectivity index (χ0n) is 14.0. The van der Waals surface area contributed by atoms with E-state index in [1.54, 1.807) is 35.4 Å². The second-order valence-electron chi connectivity index (χ2n) is 5.49. The predicted octanol–water partition coefficient (Wildman–Crippen LogP) is 3.13. The quantitative estimate of drug-likeness (QED) is 0.652. The Morgan fingerprint density at radius 1 is 1.22 bits per heavy atom. The van der Waals surface area contributed by atoms with Crippen LogP contribution in [0, 0.1) is 12.7 Å². The first kappa shape index (κ1) is 17.3. The first-order chi connectivity index (χ1) is 11.0. The molecule has 0 amide bonds. The summed E-state index contributed by atoms with van der Waals surface area (Å²) in [4.78, 5) is 7.24. The van der Waals surface area contributed by atoms with Crippen molar-refractivity contribution < 1.29 is 4.39 Å². The van der Waals surface area contributed by atoms with Gasteiger partial charge in [-0.05, 0) is 41.6 Å². The predicted molar refractivity (Wildman–Crippen MR) is 96.8 cm³/mol. The maximum absolute atomic E-state index is 14.0. The van der Waals surface area contributed by atoms with Crippen LogP contribution in [0.5, 0.6) is 0 Å². The molecule has 0 radical (unpaired) electrons. The van der Waals surface area contributed by atoms with Gasteiger partial charge in [0, 0.05) is 32.6 Å². The number of hydrogen-bond donors (Lipinski definition) is 2. The number of guanidine groups is 1. The van der Waals surface area contributed by atoms with E-state index in [4.69, 9.17) is 0 Å². The molecule has 2 aromatic rings. The summed E-state index contributed by atoms with van der Waals surface area (Å²) in [5.41, 5.74) is 2.74. The second kappa shape index (κ2) is 7.97. The minimum atomic E-state index is -0.216. The fraction of sp³-hybridized carbons (Fsp3) is 0.353. The van der Waals surface area contributed by atoms with Crippen molar-refractivity contribution in [1.82, 2.24) is 10.6 Å². The molecule has 0 saturated carbocycles. The lowest BCUT2D eigenvalue weighted by atomic mass is 10.2. The average Bonchev–Trinajstić information content (AvgIpc) is 2.92. The Balaban J connectivity index is 1.90. The second-order valence-corrected chi connectivity index (χ2v) is 6.49. The van der Waals surface area contributed by atoms with Gasteiger partial charge in [-0.25, -0.2) is 4.39 Å². The number of nitrogens with one attached hydrogen (secondary N) is 2. The molecule has 0 aliphatic carbocycles. The van der Waals surface area contributed by atoms with Crippen molar-refractivity contribution in [2.45, 2.75) is 20.0 Å². The summed E-state index contributed by atoms with van der Waals surface area (Å²) in [6.07, 6.45) is 0. The number of halogens is 1. The summed E-state index contributed by atoms with van der Waals surface area (Å²) in [6.45, 7) is 3.35. The molecule has 0 fully saturated rings. The van der Waals surface area contributed by atoms with Gasteiger partial charge >= 0.3 is 0 Å². The highest BCUT2D eigenvalue weighted by Crippen LogP contribution is 2.18. The number of nitrogens with zero attached hydrogens (tertiary/aromatic N) is 2. The number of rotatable bonds is 5. The molecule has 2 N–H and O–H groups in total. The van der Waals surface area contributed by atoms with E-state index in [1.807, 2.05) is 20.2 Å². The summed E-state index contributed by atoms with van der Waals surface area (Å²) in [6, 6.07) is 7.37. The van der Waals surface area contributed by atoms with E-state index in [2.05, 4.69) is 34.0 Å². The summed E-state index contributed by atoms with van der Waals surface area (Å²) < 4.78 is 14.0. The van der Waals surface area contributed by atoms with Crippen molar-refractivity contribution in [3.63, 3.8) is 0 Å². The van der Waals surface area contributed by atoms with E-state index in [1.165, 1.54) is 10.4 Å². The monoisotopic (exact) mass is 334 g/mol. The van der Waals surface area contributed by atoms with E-state index in [0.29, 0.717) is 18.2 Å².